The fraction of sp³-hybridized carbons (Fsp3) is 0.333. The van der Waals surface area contributed by atoms with Crippen molar-refractivity contribution in [1.82, 2.24) is 4.90 Å². The second kappa shape index (κ2) is 9.34. The summed E-state index contributed by atoms with van der Waals surface area (Å²) < 4.78 is 10.9. The van der Waals surface area contributed by atoms with Gasteiger partial charge in [-0.15, -0.1) is 11.6 Å². The molecule has 0 aliphatic rings. The molecule has 0 aliphatic carbocycles. The molecular weight excluding hydrogens is 298 g/mol. The first-order valence-electron chi connectivity index (χ1n) is 7.41. The molecule has 0 spiro atoms. The van der Waals surface area contributed by atoms with E-state index in [0.717, 1.165) is 31.1 Å². The predicted molar refractivity (Wildman–Crippen MR) is 90.9 cm³/mol. The summed E-state index contributed by atoms with van der Waals surface area (Å²) in [5, 5.41) is 0. The van der Waals surface area contributed by atoms with Gasteiger partial charge in [0.2, 0.25) is 0 Å². The van der Waals surface area contributed by atoms with Crippen molar-refractivity contribution in [2.24, 2.45) is 0 Å². The van der Waals surface area contributed by atoms with E-state index in [1.165, 1.54) is 5.56 Å². The molecule has 0 N–H and O–H groups in total. The Morgan fingerprint density at radius 1 is 0.909 bits per heavy atom. The fourth-order valence-electron chi connectivity index (χ4n) is 2.20. The Hall–Kier alpha value is -1.71. The smallest absolute Gasteiger partial charge is 0.119 e. The zero-order valence-electron chi connectivity index (χ0n) is 12.9. The van der Waals surface area contributed by atoms with Crippen LogP contribution in [0.2, 0.25) is 0 Å². The van der Waals surface area contributed by atoms with Gasteiger partial charge in [-0.05, 0) is 29.8 Å². The highest BCUT2D eigenvalue weighted by molar-refractivity contribution is 6.18. The van der Waals surface area contributed by atoms with Gasteiger partial charge in [-0.25, -0.2) is 0 Å². The zero-order valence-corrected chi connectivity index (χ0v) is 13.6. The van der Waals surface area contributed by atoms with Crippen LogP contribution in [0.3, 0.4) is 0 Å². The topological polar surface area (TPSA) is 21.7 Å². The standard InChI is InChI=1S/C18H22ClNO2/c1-21-17-7-9-18(10-8-17)22-14-13-20(12-11-19)15-16-5-3-2-4-6-16/h2-10H,11-15H2,1H3. The molecule has 4 heteroatoms. The number of nitrogens with zero attached hydrogens (tertiary/aromatic N) is 1. The lowest BCUT2D eigenvalue weighted by Crippen LogP contribution is -2.29. The van der Waals surface area contributed by atoms with Gasteiger partial charge in [-0.2, -0.15) is 0 Å². The van der Waals surface area contributed by atoms with Crippen molar-refractivity contribution in [1.29, 1.82) is 0 Å². The van der Waals surface area contributed by atoms with E-state index in [2.05, 4.69) is 29.2 Å². The van der Waals surface area contributed by atoms with E-state index in [1.807, 2.05) is 30.3 Å². The average molecular weight is 320 g/mol. The van der Waals surface area contributed by atoms with Gasteiger partial charge in [0.1, 0.15) is 18.1 Å². The SMILES string of the molecule is COc1ccc(OCCN(CCCl)Cc2ccccc2)cc1. The van der Waals surface area contributed by atoms with E-state index in [-0.39, 0.29) is 0 Å². The number of hydrogen-bond donors (Lipinski definition) is 0. The maximum absolute atomic E-state index is 5.90. The van der Waals surface area contributed by atoms with Gasteiger partial charge in [-0.3, -0.25) is 4.90 Å². The molecule has 0 saturated heterocycles. The third-order valence-corrected chi connectivity index (χ3v) is 3.55. The molecule has 0 heterocycles. The van der Waals surface area contributed by atoms with Crippen molar-refractivity contribution >= 4 is 11.6 Å². The molecule has 0 aliphatic heterocycles. The first-order valence-corrected chi connectivity index (χ1v) is 7.94. The number of halogens is 1. The van der Waals surface area contributed by atoms with E-state index < -0.39 is 0 Å². The highest BCUT2D eigenvalue weighted by atomic mass is 35.5. The summed E-state index contributed by atoms with van der Waals surface area (Å²) in [4.78, 5) is 2.30. The molecule has 0 radical (unpaired) electrons. The summed E-state index contributed by atoms with van der Waals surface area (Å²) in [6, 6.07) is 18.0. The maximum Gasteiger partial charge on any atom is 0.119 e. The summed E-state index contributed by atoms with van der Waals surface area (Å²) in [7, 11) is 1.66. The van der Waals surface area contributed by atoms with Gasteiger partial charge in [0, 0.05) is 25.5 Å². The largest absolute Gasteiger partial charge is 0.497 e. The third kappa shape index (κ3) is 5.58. The molecule has 118 valence electrons. The molecule has 0 unspecified atom stereocenters. The Labute approximate surface area is 137 Å². The molecule has 3 nitrogen and oxygen atoms in total. The van der Waals surface area contributed by atoms with Gasteiger partial charge in [0.15, 0.2) is 0 Å². The highest BCUT2D eigenvalue weighted by Gasteiger charge is 2.06. The number of methoxy groups -OCH3 is 1. The lowest BCUT2D eigenvalue weighted by molar-refractivity contribution is 0.211. The van der Waals surface area contributed by atoms with Crippen LogP contribution in [0, 0.1) is 0 Å². The quantitative estimate of drug-likeness (QED) is 0.656. The van der Waals surface area contributed by atoms with E-state index in [0.29, 0.717) is 12.5 Å². The molecule has 0 bridgehead atoms. The van der Waals surface area contributed by atoms with Crippen LogP contribution in [0.25, 0.3) is 0 Å². The lowest BCUT2D eigenvalue weighted by Gasteiger charge is -2.21. The van der Waals surface area contributed by atoms with Crippen molar-refractivity contribution in [2.45, 2.75) is 6.54 Å². The van der Waals surface area contributed by atoms with E-state index >= 15 is 0 Å². The summed E-state index contributed by atoms with van der Waals surface area (Å²) >= 11 is 5.90. The Morgan fingerprint density at radius 3 is 2.23 bits per heavy atom. The van der Waals surface area contributed by atoms with Crippen LogP contribution in [0.1, 0.15) is 5.56 Å². The van der Waals surface area contributed by atoms with Crippen LogP contribution in [-0.4, -0.2) is 37.6 Å². The first kappa shape index (κ1) is 16.7. The molecular formula is C18H22ClNO2. The molecule has 0 atom stereocenters. The van der Waals surface area contributed by atoms with Crippen molar-refractivity contribution in [3.8, 4) is 11.5 Å². The summed E-state index contributed by atoms with van der Waals surface area (Å²) in [5.41, 5.74) is 1.29. The van der Waals surface area contributed by atoms with Crippen LogP contribution in [0.4, 0.5) is 0 Å². The molecule has 0 saturated carbocycles. The van der Waals surface area contributed by atoms with Crippen LogP contribution in [-0.2, 0) is 6.54 Å². The maximum atomic E-state index is 5.90. The molecule has 22 heavy (non-hydrogen) atoms. The normalized spacial score (nSPS) is 10.7. The van der Waals surface area contributed by atoms with Gasteiger partial charge >= 0.3 is 0 Å². The van der Waals surface area contributed by atoms with Crippen LogP contribution >= 0.6 is 11.6 Å². The minimum absolute atomic E-state index is 0.620. The average Bonchev–Trinajstić information content (AvgIpc) is 2.56. The highest BCUT2D eigenvalue weighted by Crippen LogP contribution is 2.17. The Morgan fingerprint density at radius 2 is 1.59 bits per heavy atom. The number of rotatable bonds is 9. The Kier molecular flexibility index (Phi) is 7.07. The number of ether oxygens (including phenoxy) is 2. The summed E-state index contributed by atoms with van der Waals surface area (Å²) in [5.74, 6) is 2.31. The van der Waals surface area contributed by atoms with Gasteiger partial charge in [-0.1, -0.05) is 30.3 Å². The number of benzene rings is 2. The minimum Gasteiger partial charge on any atom is -0.497 e. The molecule has 2 aromatic rings. The lowest BCUT2D eigenvalue weighted by atomic mass is 10.2. The summed E-state index contributed by atoms with van der Waals surface area (Å²) in [6.07, 6.45) is 0. The minimum atomic E-state index is 0.620. The summed E-state index contributed by atoms with van der Waals surface area (Å²) in [6.45, 7) is 3.21. The zero-order chi connectivity index (χ0) is 15.6. The predicted octanol–water partition coefficient (Wildman–Crippen LogP) is 3.82. The van der Waals surface area contributed by atoms with Gasteiger partial charge in [0.05, 0.1) is 7.11 Å². The van der Waals surface area contributed by atoms with Crippen molar-refractivity contribution < 1.29 is 9.47 Å². The second-order valence-corrected chi connectivity index (χ2v) is 5.35. The molecule has 0 aromatic heterocycles. The van der Waals surface area contributed by atoms with Crippen molar-refractivity contribution in [2.75, 3.05) is 32.7 Å². The van der Waals surface area contributed by atoms with Crippen molar-refractivity contribution in [3.05, 3.63) is 60.2 Å². The van der Waals surface area contributed by atoms with E-state index in [9.17, 15) is 0 Å². The molecule has 2 aromatic carbocycles. The molecule has 0 amide bonds. The van der Waals surface area contributed by atoms with Crippen molar-refractivity contribution in [3.63, 3.8) is 0 Å². The second-order valence-electron chi connectivity index (χ2n) is 4.97. The van der Waals surface area contributed by atoms with Crippen LogP contribution in [0.15, 0.2) is 54.6 Å². The van der Waals surface area contributed by atoms with E-state index in [4.69, 9.17) is 21.1 Å². The van der Waals surface area contributed by atoms with Crippen LogP contribution in [0.5, 0.6) is 11.5 Å². The monoisotopic (exact) mass is 319 g/mol. The van der Waals surface area contributed by atoms with E-state index in [1.54, 1.807) is 7.11 Å². The number of alkyl halides is 1. The molecule has 2 rings (SSSR count). The number of hydrogen-bond acceptors (Lipinski definition) is 3. The Bertz CT molecular complexity index is 531. The first-order chi connectivity index (χ1) is 10.8. The van der Waals surface area contributed by atoms with Crippen LogP contribution < -0.4 is 9.47 Å². The molecule has 0 fully saturated rings. The van der Waals surface area contributed by atoms with Gasteiger partial charge in [0.25, 0.3) is 0 Å². The van der Waals surface area contributed by atoms with Gasteiger partial charge < -0.3 is 9.47 Å². The Balaban J connectivity index is 1.80. The fourth-order valence-corrected chi connectivity index (χ4v) is 2.43. The third-order valence-electron chi connectivity index (χ3n) is 3.39.